The first-order valence-corrected chi connectivity index (χ1v) is 9.29. The SMILES string of the molecule is CCNC(=NCCCOc1ccc(F)cc1)NCCC(=O)N(CC)CC.I. The largest absolute Gasteiger partial charge is 0.494 e. The molecule has 0 heterocycles. The Morgan fingerprint density at radius 2 is 1.81 bits per heavy atom. The minimum absolute atomic E-state index is 0. The van der Waals surface area contributed by atoms with Crippen molar-refractivity contribution in [2.24, 2.45) is 4.99 Å². The summed E-state index contributed by atoms with van der Waals surface area (Å²) in [6.07, 6.45) is 1.19. The van der Waals surface area contributed by atoms with Crippen LogP contribution in [0.4, 0.5) is 4.39 Å². The lowest BCUT2D eigenvalue weighted by Crippen LogP contribution is -2.40. The topological polar surface area (TPSA) is 66.0 Å². The van der Waals surface area contributed by atoms with Gasteiger partial charge in [0.05, 0.1) is 6.61 Å². The number of amides is 1. The predicted molar refractivity (Wildman–Crippen MR) is 118 cm³/mol. The zero-order valence-corrected chi connectivity index (χ0v) is 18.8. The molecule has 1 rings (SSSR count). The summed E-state index contributed by atoms with van der Waals surface area (Å²) >= 11 is 0. The second kappa shape index (κ2) is 15.5. The zero-order valence-electron chi connectivity index (χ0n) is 16.5. The van der Waals surface area contributed by atoms with Gasteiger partial charge in [-0.15, -0.1) is 24.0 Å². The van der Waals surface area contributed by atoms with Gasteiger partial charge in [-0.05, 0) is 45.0 Å². The van der Waals surface area contributed by atoms with Crippen LogP contribution in [0.5, 0.6) is 5.75 Å². The Labute approximate surface area is 179 Å². The third kappa shape index (κ3) is 11.0. The zero-order chi connectivity index (χ0) is 19.2. The molecule has 8 heteroatoms. The van der Waals surface area contributed by atoms with Crippen molar-refractivity contribution in [2.45, 2.75) is 33.6 Å². The first-order chi connectivity index (χ1) is 12.6. The van der Waals surface area contributed by atoms with Crippen molar-refractivity contribution >= 4 is 35.8 Å². The molecule has 1 amide bonds. The number of hydrogen-bond donors (Lipinski definition) is 2. The highest BCUT2D eigenvalue weighted by Crippen LogP contribution is 2.11. The molecule has 2 N–H and O–H groups in total. The van der Waals surface area contributed by atoms with Gasteiger partial charge >= 0.3 is 0 Å². The molecule has 0 unspecified atom stereocenters. The van der Waals surface area contributed by atoms with Crippen LogP contribution in [0, 0.1) is 5.82 Å². The smallest absolute Gasteiger partial charge is 0.224 e. The molecule has 6 nitrogen and oxygen atoms in total. The fraction of sp³-hybridized carbons (Fsp3) is 0.579. The molecule has 0 fully saturated rings. The van der Waals surface area contributed by atoms with Crippen LogP contribution in [-0.4, -0.2) is 56.1 Å². The standard InChI is InChI=1S/C19H31FN4O2.HI/c1-4-21-19(23-14-12-18(25)24(5-2)6-3)22-13-7-15-26-17-10-8-16(20)9-11-17;/h8-11H,4-7,12-15H2,1-3H3,(H2,21,22,23);1H. The van der Waals surface area contributed by atoms with Gasteiger partial charge in [0, 0.05) is 45.6 Å². The Balaban J connectivity index is 0.00000676. The number of halogens is 2. The Hall–Kier alpha value is -1.58. The molecule has 0 radical (unpaired) electrons. The predicted octanol–water partition coefficient (Wildman–Crippen LogP) is 3.03. The van der Waals surface area contributed by atoms with E-state index in [0.717, 1.165) is 26.1 Å². The lowest BCUT2D eigenvalue weighted by Gasteiger charge is -2.19. The quantitative estimate of drug-likeness (QED) is 0.215. The van der Waals surface area contributed by atoms with E-state index in [1.54, 1.807) is 12.1 Å². The molecule has 0 saturated heterocycles. The van der Waals surface area contributed by atoms with E-state index in [0.29, 0.717) is 37.8 Å². The second-order valence-electron chi connectivity index (χ2n) is 5.66. The van der Waals surface area contributed by atoms with Crippen molar-refractivity contribution in [2.75, 3.05) is 39.3 Å². The fourth-order valence-electron chi connectivity index (χ4n) is 2.34. The summed E-state index contributed by atoms with van der Waals surface area (Å²) in [5, 5.41) is 6.34. The minimum atomic E-state index is -0.275. The van der Waals surface area contributed by atoms with E-state index in [-0.39, 0.29) is 35.7 Å². The van der Waals surface area contributed by atoms with Crippen molar-refractivity contribution in [1.29, 1.82) is 0 Å². The molecule has 0 aliphatic rings. The van der Waals surface area contributed by atoms with Gasteiger partial charge in [0.2, 0.25) is 5.91 Å². The van der Waals surface area contributed by atoms with Gasteiger partial charge < -0.3 is 20.3 Å². The van der Waals surface area contributed by atoms with Crippen LogP contribution < -0.4 is 15.4 Å². The number of aliphatic imine (C=N–C) groups is 1. The number of nitrogens with one attached hydrogen (secondary N) is 2. The molecule has 0 spiro atoms. The van der Waals surface area contributed by atoms with Gasteiger partial charge in [0.1, 0.15) is 11.6 Å². The Bertz CT molecular complexity index is 551. The van der Waals surface area contributed by atoms with Crippen molar-refractivity contribution in [3.63, 3.8) is 0 Å². The average molecular weight is 494 g/mol. The summed E-state index contributed by atoms with van der Waals surface area (Å²) in [6.45, 7) is 9.83. The van der Waals surface area contributed by atoms with E-state index in [1.807, 2.05) is 25.7 Å². The molecule has 0 saturated carbocycles. The molecule has 27 heavy (non-hydrogen) atoms. The molecule has 1 aromatic carbocycles. The van der Waals surface area contributed by atoms with Crippen LogP contribution in [0.2, 0.25) is 0 Å². The maximum atomic E-state index is 12.8. The van der Waals surface area contributed by atoms with E-state index < -0.39 is 0 Å². The third-order valence-electron chi connectivity index (χ3n) is 3.75. The summed E-state index contributed by atoms with van der Waals surface area (Å²) in [5.41, 5.74) is 0. The summed E-state index contributed by atoms with van der Waals surface area (Å²) < 4.78 is 18.4. The molecule has 0 aromatic heterocycles. The van der Waals surface area contributed by atoms with Crippen molar-refractivity contribution in [3.8, 4) is 5.75 Å². The first-order valence-electron chi connectivity index (χ1n) is 9.29. The maximum absolute atomic E-state index is 12.8. The number of rotatable bonds is 11. The lowest BCUT2D eigenvalue weighted by atomic mass is 10.3. The first kappa shape index (κ1) is 25.4. The van der Waals surface area contributed by atoms with Crippen molar-refractivity contribution < 1.29 is 13.9 Å². The van der Waals surface area contributed by atoms with Gasteiger partial charge in [0.15, 0.2) is 5.96 Å². The Morgan fingerprint density at radius 3 is 2.41 bits per heavy atom. The number of guanidine groups is 1. The summed E-state index contributed by atoms with van der Waals surface area (Å²) in [4.78, 5) is 18.3. The number of nitrogens with zero attached hydrogens (tertiary/aromatic N) is 2. The summed E-state index contributed by atoms with van der Waals surface area (Å²) in [6, 6.07) is 5.97. The van der Waals surface area contributed by atoms with Crippen LogP contribution in [0.25, 0.3) is 0 Å². The number of hydrogen-bond acceptors (Lipinski definition) is 3. The fourth-order valence-corrected chi connectivity index (χ4v) is 2.34. The van der Waals surface area contributed by atoms with Crippen LogP contribution in [0.15, 0.2) is 29.3 Å². The van der Waals surface area contributed by atoms with Gasteiger partial charge in [-0.1, -0.05) is 0 Å². The van der Waals surface area contributed by atoms with Crippen molar-refractivity contribution in [1.82, 2.24) is 15.5 Å². The van der Waals surface area contributed by atoms with E-state index in [1.165, 1.54) is 12.1 Å². The Kier molecular flexibility index (Phi) is 14.6. The maximum Gasteiger partial charge on any atom is 0.224 e. The summed E-state index contributed by atoms with van der Waals surface area (Å²) in [7, 11) is 0. The molecular weight excluding hydrogens is 462 g/mol. The molecule has 0 atom stereocenters. The molecule has 0 aliphatic heterocycles. The molecule has 154 valence electrons. The van der Waals surface area contributed by atoms with Gasteiger partial charge in [-0.25, -0.2) is 4.39 Å². The van der Waals surface area contributed by atoms with Gasteiger partial charge in [0.25, 0.3) is 0 Å². The minimum Gasteiger partial charge on any atom is -0.494 e. The van der Waals surface area contributed by atoms with E-state index in [2.05, 4.69) is 15.6 Å². The van der Waals surface area contributed by atoms with Gasteiger partial charge in [-0.3, -0.25) is 9.79 Å². The highest BCUT2D eigenvalue weighted by molar-refractivity contribution is 14.0. The summed E-state index contributed by atoms with van der Waals surface area (Å²) in [5.74, 6) is 1.21. The normalized spacial score (nSPS) is 10.7. The lowest BCUT2D eigenvalue weighted by molar-refractivity contribution is -0.130. The van der Waals surface area contributed by atoms with Crippen LogP contribution in [-0.2, 0) is 4.79 Å². The molecular formula is C19H32FIN4O2. The number of benzene rings is 1. The number of ether oxygens (including phenoxy) is 1. The number of carbonyl (C=O) groups excluding carboxylic acids is 1. The van der Waals surface area contributed by atoms with Gasteiger partial charge in [-0.2, -0.15) is 0 Å². The van der Waals surface area contributed by atoms with Crippen LogP contribution >= 0.6 is 24.0 Å². The third-order valence-corrected chi connectivity index (χ3v) is 3.75. The van der Waals surface area contributed by atoms with Crippen LogP contribution in [0.1, 0.15) is 33.6 Å². The van der Waals surface area contributed by atoms with Crippen molar-refractivity contribution in [3.05, 3.63) is 30.1 Å². The number of carbonyl (C=O) groups is 1. The Morgan fingerprint density at radius 1 is 1.15 bits per heavy atom. The average Bonchev–Trinajstić information content (AvgIpc) is 2.64. The molecule has 0 aliphatic carbocycles. The van der Waals surface area contributed by atoms with Crippen LogP contribution in [0.3, 0.4) is 0 Å². The van der Waals surface area contributed by atoms with E-state index >= 15 is 0 Å². The second-order valence-corrected chi connectivity index (χ2v) is 5.66. The highest BCUT2D eigenvalue weighted by Gasteiger charge is 2.09. The van der Waals surface area contributed by atoms with E-state index in [9.17, 15) is 9.18 Å². The molecule has 1 aromatic rings. The monoisotopic (exact) mass is 494 g/mol. The van der Waals surface area contributed by atoms with E-state index in [4.69, 9.17) is 4.74 Å². The molecule has 0 bridgehead atoms. The highest BCUT2D eigenvalue weighted by atomic mass is 127.